The summed E-state index contributed by atoms with van der Waals surface area (Å²) in [6.45, 7) is 4.04. The highest BCUT2D eigenvalue weighted by atomic mass is 32.1. The molecule has 0 spiro atoms. The number of nitrogens with zero attached hydrogens (tertiary/aromatic N) is 2. The zero-order chi connectivity index (χ0) is 14.4. The van der Waals surface area contributed by atoms with E-state index in [2.05, 4.69) is 6.58 Å². The molecule has 5 nitrogen and oxygen atoms in total. The van der Waals surface area contributed by atoms with Crippen LogP contribution in [-0.4, -0.2) is 28.9 Å². The van der Waals surface area contributed by atoms with E-state index in [4.69, 9.17) is 40.6 Å². The molecule has 0 aliphatic carbocycles. The first-order valence-corrected chi connectivity index (χ1v) is 6.25. The predicted molar refractivity (Wildman–Crippen MR) is 85.9 cm³/mol. The van der Waals surface area contributed by atoms with Gasteiger partial charge in [0, 0.05) is 0 Å². The van der Waals surface area contributed by atoms with Crippen molar-refractivity contribution in [2.45, 2.75) is 0 Å². The molecule has 0 aliphatic rings. The standard InChI is InChI=1S/C12H16N4OS2/c1-3-8-15(11(13)18)16(12(14)19)9-6-4-5-7-10(9)17-2/h3-7H,1,8H2,2H3,(H2,13,18)(H2,14,19). The number of thiocarbonyl (C=S) groups is 2. The average molecular weight is 296 g/mol. The highest BCUT2D eigenvalue weighted by Gasteiger charge is 2.22. The zero-order valence-electron chi connectivity index (χ0n) is 10.6. The summed E-state index contributed by atoms with van der Waals surface area (Å²) >= 11 is 10.1. The van der Waals surface area contributed by atoms with E-state index in [1.807, 2.05) is 18.2 Å². The summed E-state index contributed by atoms with van der Waals surface area (Å²) in [5, 5.41) is 3.32. The van der Waals surface area contributed by atoms with Gasteiger partial charge in [-0.25, -0.2) is 5.01 Å². The van der Waals surface area contributed by atoms with Gasteiger partial charge in [0.2, 0.25) is 0 Å². The predicted octanol–water partition coefficient (Wildman–Crippen LogP) is 1.39. The molecule has 1 aromatic rings. The molecular weight excluding hydrogens is 280 g/mol. The Kier molecular flexibility index (Phi) is 5.53. The molecule has 1 aromatic carbocycles. The van der Waals surface area contributed by atoms with Gasteiger partial charge in [0.15, 0.2) is 10.2 Å². The number of hydrogen-bond donors (Lipinski definition) is 2. The van der Waals surface area contributed by atoms with Crippen LogP contribution in [-0.2, 0) is 0 Å². The molecular formula is C12H16N4OS2. The molecule has 0 aliphatic heterocycles. The lowest BCUT2D eigenvalue weighted by Crippen LogP contribution is -2.54. The first-order valence-electron chi connectivity index (χ1n) is 5.43. The first kappa shape index (κ1) is 15.2. The van der Waals surface area contributed by atoms with Crippen molar-refractivity contribution < 1.29 is 4.74 Å². The lowest BCUT2D eigenvalue weighted by atomic mass is 10.3. The van der Waals surface area contributed by atoms with E-state index >= 15 is 0 Å². The second-order valence-electron chi connectivity index (χ2n) is 3.53. The van der Waals surface area contributed by atoms with Crippen molar-refractivity contribution in [2.24, 2.45) is 11.5 Å². The van der Waals surface area contributed by atoms with Crippen LogP contribution in [0.3, 0.4) is 0 Å². The van der Waals surface area contributed by atoms with E-state index in [1.54, 1.807) is 24.3 Å². The number of para-hydroxylation sites is 2. The maximum absolute atomic E-state index is 5.77. The van der Waals surface area contributed by atoms with Crippen LogP contribution in [0, 0.1) is 0 Å². The largest absolute Gasteiger partial charge is 0.494 e. The number of benzene rings is 1. The molecule has 1 rings (SSSR count). The molecule has 0 unspecified atom stereocenters. The normalized spacial score (nSPS) is 9.53. The molecule has 0 bridgehead atoms. The Morgan fingerprint density at radius 3 is 2.42 bits per heavy atom. The van der Waals surface area contributed by atoms with E-state index in [1.165, 1.54) is 5.01 Å². The van der Waals surface area contributed by atoms with Gasteiger partial charge in [0.05, 0.1) is 13.7 Å². The third kappa shape index (κ3) is 3.55. The number of hydrazine groups is 1. The summed E-state index contributed by atoms with van der Waals surface area (Å²) in [5.74, 6) is 0.612. The molecule has 7 heteroatoms. The van der Waals surface area contributed by atoms with Gasteiger partial charge in [0.25, 0.3) is 0 Å². The van der Waals surface area contributed by atoms with Crippen LogP contribution in [0.4, 0.5) is 5.69 Å². The quantitative estimate of drug-likeness (QED) is 0.494. The summed E-state index contributed by atoms with van der Waals surface area (Å²) in [5.41, 5.74) is 12.1. The number of hydrogen-bond acceptors (Lipinski definition) is 3. The summed E-state index contributed by atoms with van der Waals surface area (Å²) in [4.78, 5) is 0. The molecule has 19 heavy (non-hydrogen) atoms. The van der Waals surface area contributed by atoms with Gasteiger partial charge in [-0.3, -0.25) is 5.01 Å². The molecule has 0 fully saturated rings. The number of rotatable bonds is 4. The fourth-order valence-corrected chi connectivity index (χ4v) is 1.92. The second kappa shape index (κ2) is 6.91. The van der Waals surface area contributed by atoms with Gasteiger partial charge in [-0.15, -0.1) is 6.58 Å². The molecule has 102 valence electrons. The van der Waals surface area contributed by atoms with Gasteiger partial charge in [-0.05, 0) is 36.6 Å². The van der Waals surface area contributed by atoms with Crippen molar-refractivity contribution in [1.29, 1.82) is 0 Å². The summed E-state index contributed by atoms with van der Waals surface area (Å²) < 4.78 is 5.29. The van der Waals surface area contributed by atoms with Crippen molar-refractivity contribution in [1.82, 2.24) is 5.01 Å². The van der Waals surface area contributed by atoms with Gasteiger partial charge >= 0.3 is 0 Å². The van der Waals surface area contributed by atoms with E-state index in [-0.39, 0.29) is 10.2 Å². The maximum Gasteiger partial charge on any atom is 0.190 e. The lowest BCUT2D eigenvalue weighted by molar-refractivity contribution is 0.407. The van der Waals surface area contributed by atoms with Gasteiger partial charge in [-0.1, -0.05) is 18.2 Å². The minimum Gasteiger partial charge on any atom is -0.494 e. The second-order valence-corrected chi connectivity index (χ2v) is 4.37. The first-order chi connectivity index (χ1) is 9.02. The zero-order valence-corrected chi connectivity index (χ0v) is 12.2. The molecule has 0 saturated heterocycles. The molecule has 0 radical (unpaired) electrons. The van der Waals surface area contributed by atoms with Gasteiger partial charge in [-0.2, -0.15) is 0 Å². The van der Waals surface area contributed by atoms with Crippen LogP contribution >= 0.6 is 24.4 Å². The van der Waals surface area contributed by atoms with Crippen molar-refractivity contribution in [2.75, 3.05) is 18.7 Å². The number of methoxy groups -OCH3 is 1. The van der Waals surface area contributed by atoms with Crippen LogP contribution in [0.5, 0.6) is 5.75 Å². The topological polar surface area (TPSA) is 67.8 Å². The summed E-state index contributed by atoms with van der Waals surface area (Å²) in [6, 6.07) is 7.30. The van der Waals surface area contributed by atoms with Gasteiger partial charge in [0.1, 0.15) is 11.4 Å². The number of nitrogens with two attached hydrogens (primary N) is 2. The van der Waals surface area contributed by atoms with E-state index in [9.17, 15) is 0 Å². The minimum absolute atomic E-state index is 0.110. The van der Waals surface area contributed by atoms with Crippen LogP contribution in [0.1, 0.15) is 0 Å². The van der Waals surface area contributed by atoms with Crippen LogP contribution in [0.25, 0.3) is 0 Å². The van der Waals surface area contributed by atoms with Crippen LogP contribution in [0.2, 0.25) is 0 Å². The Labute approximate surface area is 123 Å². The molecule has 0 aromatic heterocycles. The van der Waals surface area contributed by atoms with Gasteiger partial charge < -0.3 is 16.2 Å². The fourth-order valence-electron chi connectivity index (χ4n) is 1.56. The molecule has 0 atom stereocenters. The van der Waals surface area contributed by atoms with Crippen molar-refractivity contribution >= 4 is 40.3 Å². The SMILES string of the molecule is C=CCN(C(N)=S)N(C(N)=S)c1ccccc1OC. The van der Waals surface area contributed by atoms with E-state index in [0.717, 1.165) is 0 Å². The number of ether oxygens (including phenoxy) is 1. The molecule has 0 heterocycles. The highest BCUT2D eigenvalue weighted by molar-refractivity contribution is 7.80. The number of anilines is 1. The average Bonchev–Trinajstić information content (AvgIpc) is 2.38. The third-order valence-electron chi connectivity index (χ3n) is 2.32. The Morgan fingerprint density at radius 1 is 1.32 bits per heavy atom. The van der Waals surface area contributed by atoms with Crippen LogP contribution < -0.4 is 21.2 Å². The van der Waals surface area contributed by atoms with Crippen molar-refractivity contribution in [3.05, 3.63) is 36.9 Å². The van der Waals surface area contributed by atoms with Crippen molar-refractivity contribution in [3.63, 3.8) is 0 Å². The highest BCUT2D eigenvalue weighted by Crippen LogP contribution is 2.28. The minimum atomic E-state index is 0.110. The Balaban J connectivity index is 3.29. The van der Waals surface area contributed by atoms with E-state index < -0.39 is 0 Å². The monoisotopic (exact) mass is 296 g/mol. The maximum atomic E-state index is 5.77. The Morgan fingerprint density at radius 2 is 1.95 bits per heavy atom. The smallest absolute Gasteiger partial charge is 0.190 e. The Bertz CT molecular complexity index is 492. The third-order valence-corrected chi connectivity index (χ3v) is 2.70. The van der Waals surface area contributed by atoms with Crippen LogP contribution in [0.15, 0.2) is 36.9 Å². The Hall–Kier alpha value is -1.86. The summed E-state index contributed by atoms with van der Waals surface area (Å²) in [6.07, 6.45) is 1.65. The summed E-state index contributed by atoms with van der Waals surface area (Å²) in [7, 11) is 1.56. The lowest BCUT2D eigenvalue weighted by Gasteiger charge is -2.35. The molecule has 4 N–H and O–H groups in total. The molecule has 0 saturated carbocycles. The van der Waals surface area contributed by atoms with E-state index in [0.29, 0.717) is 18.0 Å². The molecule has 0 amide bonds. The van der Waals surface area contributed by atoms with Crippen molar-refractivity contribution in [3.8, 4) is 5.75 Å². The fraction of sp³-hybridized carbons (Fsp3) is 0.167.